The van der Waals surface area contributed by atoms with Gasteiger partial charge in [-0.1, -0.05) is 12.1 Å². The fraction of sp³-hybridized carbons (Fsp3) is 0. The number of fused-ring (bicyclic) bond motifs is 1. The molecule has 0 bridgehead atoms. The van der Waals surface area contributed by atoms with E-state index >= 15 is 0 Å². The summed E-state index contributed by atoms with van der Waals surface area (Å²) < 4.78 is 18.6. The highest BCUT2D eigenvalue weighted by Gasteiger charge is 2.12. The average Bonchev–Trinajstić information content (AvgIpc) is 2.42. The number of hydrogen-bond donors (Lipinski definition) is 0. The number of halogens is 1. The van der Waals surface area contributed by atoms with Gasteiger partial charge in [-0.3, -0.25) is 10.1 Å². The van der Waals surface area contributed by atoms with Crippen molar-refractivity contribution < 1.29 is 14.2 Å². The first kappa shape index (κ1) is 11.5. The van der Waals surface area contributed by atoms with E-state index in [4.69, 9.17) is 4.74 Å². The second-order valence-electron chi connectivity index (χ2n) is 4.03. The summed E-state index contributed by atoms with van der Waals surface area (Å²) in [4.78, 5) is 4.14. The minimum absolute atomic E-state index is 0.115. The summed E-state index contributed by atoms with van der Waals surface area (Å²) in [6.07, 6.45) is 1.58. The molecule has 0 atom stereocenters. The van der Waals surface area contributed by atoms with Gasteiger partial charge in [-0.15, -0.1) is 0 Å². The van der Waals surface area contributed by atoms with Gasteiger partial charge in [0.15, 0.2) is 0 Å². The van der Waals surface area contributed by atoms with Crippen molar-refractivity contribution in [2.75, 3.05) is 0 Å². The second kappa shape index (κ2) is 4.57. The smallest absolute Gasteiger partial charge is 0.223 e. The largest absolute Gasteiger partial charge is 0.451 e. The molecule has 0 unspecified atom stereocenters. The van der Waals surface area contributed by atoms with Gasteiger partial charge in [0.25, 0.3) is 0 Å². The Bertz CT molecular complexity index is 743. The highest BCUT2D eigenvalue weighted by molar-refractivity contribution is 5.87. The summed E-state index contributed by atoms with van der Waals surface area (Å²) in [7, 11) is 0. The van der Waals surface area contributed by atoms with E-state index in [0.29, 0.717) is 5.52 Å². The third kappa shape index (κ3) is 2.20. The molecule has 1 heterocycles. The van der Waals surface area contributed by atoms with Crippen LogP contribution in [0.3, 0.4) is 0 Å². The van der Waals surface area contributed by atoms with Crippen LogP contribution < -0.4 is 4.74 Å². The van der Waals surface area contributed by atoms with Crippen LogP contribution in [0.15, 0.2) is 54.7 Å². The highest BCUT2D eigenvalue weighted by Crippen LogP contribution is 2.37. The minimum atomic E-state index is -0.418. The fourth-order valence-corrected chi connectivity index (χ4v) is 1.85. The van der Waals surface area contributed by atoms with Crippen LogP contribution >= 0.6 is 0 Å². The van der Waals surface area contributed by atoms with Crippen molar-refractivity contribution in [3.8, 4) is 17.2 Å². The summed E-state index contributed by atoms with van der Waals surface area (Å²) in [5, 5.41) is 12.7. The minimum Gasteiger partial charge on any atom is -0.451 e. The highest BCUT2D eigenvalue weighted by atomic mass is 19.1. The Hall–Kier alpha value is -2.62. The van der Waals surface area contributed by atoms with Gasteiger partial charge >= 0.3 is 0 Å². The van der Waals surface area contributed by atoms with Crippen LogP contribution in [0, 0.1) is 5.82 Å². The zero-order valence-electron chi connectivity index (χ0n) is 9.84. The summed E-state index contributed by atoms with van der Waals surface area (Å²) in [5.41, 5.74) is 0.472. The standard InChI is InChI=1S/C15H9FNO2/c16-11-4-1-5-12(9-11)19-15-13(18)7-6-10-3-2-8-17-14(10)15/h1-9H. The van der Waals surface area contributed by atoms with Gasteiger partial charge in [-0.2, -0.15) is 0 Å². The third-order valence-electron chi connectivity index (χ3n) is 2.71. The predicted octanol–water partition coefficient (Wildman–Crippen LogP) is 4.31. The molecular formula is C15H9FNO2. The molecular weight excluding hydrogens is 245 g/mol. The van der Waals surface area contributed by atoms with Gasteiger partial charge < -0.3 is 4.74 Å². The van der Waals surface area contributed by atoms with Gasteiger partial charge in [0, 0.05) is 17.6 Å². The molecule has 2 aromatic carbocycles. The maximum Gasteiger partial charge on any atom is 0.223 e. The molecule has 3 rings (SSSR count). The molecule has 1 aromatic heterocycles. The lowest BCUT2D eigenvalue weighted by Gasteiger charge is -2.08. The summed E-state index contributed by atoms with van der Waals surface area (Å²) in [5.74, 6) is -0.312. The molecule has 0 aliphatic carbocycles. The first-order valence-electron chi connectivity index (χ1n) is 5.72. The van der Waals surface area contributed by atoms with Crippen molar-refractivity contribution in [3.05, 3.63) is 60.5 Å². The van der Waals surface area contributed by atoms with Gasteiger partial charge in [-0.25, -0.2) is 4.39 Å². The van der Waals surface area contributed by atoms with Crippen molar-refractivity contribution in [3.63, 3.8) is 0 Å². The Morgan fingerprint density at radius 1 is 1.05 bits per heavy atom. The molecule has 0 saturated carbocycles. The Morgan fingerprint density at radius 3 is 2.79 bits per heavy atom. The molecule has 0 spiro atoms. The van der Waals surface area contributed by atoms with Crippen LogP contribution in [0.5, 0.6) is 17.2 Å². The van der Waals surface area contributed by atoms with Crippen LogP contribution in [0.2, 0.25) is 0 Å². The Morgan fingerprint density at radius 2 is 1.95 bits per heavy atom. The number of hydrogen-bond acceptors (Lipinski definition) is 2. The number of benzene rings is 2. The van der Waals surface area contributed by atoms with Crippen molar-refractivity contribution in [1.82, 2.24) is 4.98 Å². The summed E-state index contributed by atoms with van der Waals surface area (Å²) in [6.45, 7) is 0. The van der Waals surface area contributed by atoms with E-state index in [1.165, 1.54) is 24.3 Å². The van der Waals surface area contributed by atoms with Crippen LogP contribution in [0.1, 0.15) is 0 Å². The normalized spacial score (nSPS) is 10.6. The first-order chi connectivity index (χ1) is 9.24. The fourth-order valence-electron chi connectivity index (χ4n) is 1.85. The summed E-state index contributed by atoms with van der Waals surface area (Å²) >= 11 is 0. The Kier molecular flexibility index (Phi) is 2.76. The van der Waals surface area contributed by atoms with E-state index in [9.17, 15) is 9.50 Å². The molecule has 0 N–H and O–H groups in total. The van der Waals surface area contributed by atoms with Gasteiger partial charge in [-0.05, 0) is 30.3 Å². The molecule has 3 nitrogen and oxygen atoms in total. The number of ether oxygens (including phenoxy) is 1. The van der Waals surface area contributed by atoms with E-state index in [1.54, 1.807) is 24.4 Å². The maximum atomic E-state index is 13.1. The topological polar surface area (TPSA) is 42.0 Å². The zero-order valence-corrected chi connectivity index (χ0v) is 9.84. The average molecular weight is 254 g/mol. The molecule has 0 saturated heterocycles. The van der Waals surface area contributed by atoms with Crippen LogP contribution in [-0.2, 0) is 5.11 Å². The number of pyridine rings is 1. The lowest BCUT2D eigenvalue weighted by atomic mass is 10.2. The van der Waals surface area contributed by atoms with E-state index in [2.05, 4.69) is 4.98 Å². The molecule has 93 valence electrons. The molecule has 4 heteroatoms. The quantitative estimate of drug-likeness (QED) is 0.683. The predicted molar refractivity (Wildman–Crippen MR) is 68.3 cm³/mol. The summed E-state index contributed by atoms with van der Waals surface area (Å²) in [6, 6.07) is 12.4. The molecule has 19 heavy (non-hydrogen) atoms. The molecule has 3 aromatic rings. The van der Waals surface area contributed by atoms with Crippen molar-refractivity contribution in [2.45, 2.75) is 0 Å². The lowest BCUT2D eigenvalue weighted by Crippen LogP contribution is -1.89. The van der Waals surface area contributed by atoms with E-state index in [1.807, 2.05) is 6.07 Å². The number of rotatable bonds is 2. The SMILES string of the molecule is [O]c1ccc2cccnc2c1Oc1cccc(F)c1. The van der Waals surface area contributed by atoms with Crippen LogP contribution in [-0.4, -0.2) is 4.98 Å². The molecule has 1 radical (unpaired) electrons. The van der Waals surface area contributed by atoms with Crippen molar-refractivity contribution >= 4 is 10.9 Å². The first-order valence-corrected chi connectivity index (χ1v) is 5.72. The van der Waals surface area contributed by atoms with E-state index < -0.39 is 5.82 Å². The number of aromatic nitrogens is 1. The van der Waals surface area contributed by atoms with Crippen LogP contribution in [0.25, 0.3) is 10.9 Å². The molecule has 0 aliphatic heterocycles. The Labute approximate surface area is 108 Å². The maximum absolute atomic E-state index is 13.1. The van der Waals surface area contributed by atoms with Crippen molar-refractivity contribution in [2.24, 2.45) is 0 Å². The molecule has 0 aliphatic rings. The number of nitrogens with zero attached hydrogens (tertiary/aromatic N) is 1. The van der Waals surface area contributed by atoms with Gasteiger partial charge in [0.1, 0.15) is 17.1 Å². The van der Waals surface area contributed by atoms with Crippen molar-refractivity contribution in [1.29, 1.82) is 0 Å². The molecule has 0 fully saturated rings. The monoisotopic (exact) mass is 254 g/mol. The van der Waals surface area contributed by atoms with E-state index in [-0.39, 0.29) is 17.2 Å². The van der Waals surface area contributed by atoms with Gasteiger partial charge in [0.05, 0.1) is 0 Å². The Balaban J connectivity index is 2.12. The lowest BCUT2D eigenvalue weighted by molar-refractivity contribution is 0.330. The van der Waals surface area contributed by atoms with E-state index in [0.717, 1.165) is 5.39 Å². The molecule has 0 amide bonds. The second-order valence-corrected chi connectivity index (χ2v) is 4.03. The third-order valence-corrected chi connectivity index (χ3v) is 2.71. The zero-order chi connectivity index (χ0) is 13.2. The van der Waals surface area contributed by atoms with Gasteiger partial charge in [0.2, 0.25) is 11.5 Å². The van der Waals surface area contributed by atoms with Crippen LogP contribution in [0.4, 0.5) is 4.39 Å².